The molecule has 1 unspecified atom stereocenters. The van der Waals surface area contributed by atoms with E-state index in [1.54, 1.807) is 0 Å². The van der Waals surface area contributed by atoms with Gasteiger partial charge in [-0.1, -0.05) is 30.7 Å². The zero-order valence-corrected chi connectivity index (χ0v) is 14.7. The highest BCUT2D eigenvalue weighted by Crippen LogP contribution is 2.24. The van der Waals surface area contributed by atoms with Crippen LogP contribution in [0.3, 0.4) is 0 Å². The van der Waals surface area contributed by atoms with Crippen LogP contribution in [0.15, 0.2) is 24.3 Å². The van der Waals surface area contributed by atoms with Gasteiger partial charge in [-0.15, -0.1) is 0 Å². The second kappa shape index (κ2) is 7.20. The van der Waals surface area contributed by atoms with Crippen molar-refractivity contribution in [1.82, 2.24) is 15.1 Å². The molecule has 2 heterocycles. The number of carbonyl (C=O) groups is 1. The lowest BCUT2D eigenvalue weighted by Gasteiger charge is -2.39. The number of nitrogens with zero attached hydrogens (tertiary/aromatic N) is 2. The number of amides is 1. The van der Waals surface area contributed by atoms with E-state index < -0.39 is 0 Å². The van der Waals surface area contributed by atoms with Crippen molar-refractivity contribution in [2.75, 3.05) is 39.3 Å². The SMILES string of the molecule is CC(c1ccc(Cl)cc1)N1CCN(C(=O)[C@@H]2CNC[C@H]2C)CC1. The van der Waals surface area contributed by atoms with Crippen LogP contribution in [0.5, 0.6) is 0 Å². The predicted octanol–water partition coefficient (Wildman–Crippen LogP) is 2.40. The maximum atomic E-state index is 12.6. The maximum absolute atomic E-state index is 12.6. The van der Waals surface area contributed by atoms with Crippen molar-refractivity contribution in [2.24, 2.45) is 11.8 Å². The van der Waals surface area contributed by atoms with Crippen molar-refractivity contribution in [3.05, 3.63) is 34.9 Å². The molecule has 0 bridgehead atoms. The van der Waals surface area contributed by atoms with E-state index in [0.29, 0.717) is 17.9 Å². The maximum Gasteiger partial charge on any atom is 0.227 e. The summed E-state index contributed by atoms with van der Waals surface area (Å²) in [6, 6.07) is 8.44. The number of hydrogen-bond donors (Lipinski definition) is 1. The Labute approximate surface area is 143 Å². The normalized spacial score (nSPS) is 27.2. The highest BCUT2D eigenvalue weighted by Gasteiger charge is 2.34. The smallest absolute Gasteiger partial charge is 0.227 e. The van der Waals surface area contributed by atoms with Gasteiger partial charge in [0.15, 0.2) is 0 Å². The van der Waals surface area contributed by atoms with Crippen molar-refractivity contribution in [1.29, 1.82) is 0 Å². The molecule has 2 aliphatic heterocycles. The number of piperazine rings is 1. The molecule has 3 atom stereocenters. The van der Waals surface area contributed by atoms with E-state index in [4.69, 9.17) is 11.6 Å². The lowest BCUT2D eigenvalue weighted by Crippen LogP contribution is -2.51. The van der Waals surface area contributed by atoms with Crippen LogP contribution in [-0.2, 0) is 4.79 Å². The van der Waals surface area contributed by atoms with Crippen molar-refractivity contribution < 1.29 is 4.79 Å². The van der Waals surface area contributed by atoms with Gasteiger partial charge in [-0.25, -0.2) is 0 Å². The van der Waals surface area contributed by atoms with E-state index in [1.807, 2.05) is 12.1 Å². The molecule has 2 aliphatic rings. The topological polar surface area (TPSA) is 35.6 Å². The van der Waals surface area contributed by atoms with Crippen LogP contribution in [0.2, 0.25) is 5.02 Å². The Morgan fingerprint density at radius 3 is 2.39 bits per heavy atom. The largest absolute Gasteiger partial charge is 0.340 e. The standard InChI is InChI=1S/C18H26ClN3O/c1-13-11-20-12-17(13)18(23)22-9-7-21(8-10-22)14(2)15-3-5-16(19)6-4-15/h3-6,13-14,17,20H,7-12H2,1-2H3/t13-,14?,17-/m1/s1. The first-order valence-corrected chi connectivity index (χ1v) is 8.93. The van der Waals surface area contributed by atoms with Crippen molar-refractivity contribution in [2.45, 2.75) is 19.9 Å². The third-order valence-electron chi connectivity index (χ3n) is 5.36. The molecule has 0 aromatic heterocycles. The summed E-state index contributed by atoms with van der Waals surface area (Å²) in [6.07, 6.45) is 0. The fourth-order valence-electron chi connectivity index (χ4n) is 3.66. The minimum Gasteiger partial charge on any atom is -0.340 e. The predicted molar refractivity (Wildman–Crippen MR) is 93.5 cm³/mol. The molecule has 1 aromatic rings. The zero-order chi connectivity index (χ0) is 16.4. The number of carbonyl (C=O) groups excluding carboxylic acids is 1. The first-order valence-electron chi connectivity index (χ1n) is 8.55. The molecule has 1 N–H and O–H groups in total. The minimum absolute atomic E-state index is 0.162. The van der Waals surface area contributed by atoms with Crippen molar-refractivity contribution in [3.63, 3.8) is 0 Å². The van der Waals surface area contributed by atoms with Crippen molar-refractivity contribution in [3.8, 4) is 0 Å². The van der Waals surface area contributed by atoms with Crippen LogP contribution in [0.25, 0.3) is 0 Å². The molecule has 4 nitrogen and oxygen atoms in total. The van der Waals surface area contributed by atoms with Gasteiger partial charge in [0.25, 0.3) is 0 Å². The lowest BCUT2D eigenvalue weighted by atomic mass is 9.96. The van der Waals surface area contributed by atoms with Gasteiger partial charge in [0, 0.05) is 43.8 Å². The lowest BCUT2D eigenvalue weighted by molar-refractivity contribution is -0.138. The second-order valence-corrected chi connectivity index (χ2v) is 7.27. The summed E-state index contributed by atoms with van der Waals surface area (Å²) in [4.78, 5) is 17.2. The molecule has 2 saturated heterocycles. The molecular weight excluding hydrogens is 310 g/mol. The summed E-state index contributed by atoms with van der Waals surface area (Å²) >= 11 is 5.97. The van der Waals surface area contributed by atoms with Crippen LogP contribution >= 0.6 is 11.6 Å². The molecule has 5 heteroatoms. The van der Waals surface area contributed by atoms with E-state index >= 15 is 0 Å². The van der Waals surface area contributed by atoms with E-state index in [0.717, 1.165) is 44.3 Å². The fraction of sp³-hybridized carbons (Fsp3) is 0.611. The summed E-state index contributed by atoms with van der Waals surface area (Å²) in [6.45, 7) is 9.73. The van der Waals surface area contributed by atoms with Crippen LogP contribution < -0.4 is 5.32 Å². The molecule has 0 aliphatic carbocycles. The van der Waals surface area contributed by atoms with Gasteiger partial charge in [0.1, 0.15) is 0 Å². The number of benzene rings is 1. The van der Waals surface area contributed by atoms with E-state index in [9.17, 15) is 4.79 Å². The summed E-state index contributed by atoms with van der Waals surface area (Å²) in [7, 11) is 0. The Balaban J connectivity index is 1.55. The van der Waals surface area contributed by atoms with Crippen LogP contribution in [0.1, 0.15) is 25.5 Å². The molecule has 1 amide bonds. The van der Waals surface area contributed by atoms with E-state index in [1.165, 1.54) is 5.56 Å². The second-order valence-electron chi connectivity index (χ2n) is 6.83. The van der Waals surface area contributed by atoms with Gasteiger partial charge in [-0.2, -0.15) is 0 Å². The van der Waals surface area contributed by atoms with Gasteiger partial charge in [0.2, 0.25) is 5.91 Å². The van der Waals surface area contributed by atoms with Crippen LogP contribution in [0, 0.1) is 11.8 Å². The summed E-state index contributed by atoms with van der Waals surface area (Å²) < 4.78 is 0. The quantitative estimate of drug-likeness (QED) is 0.921. The summed E-state index contributed by atoms with van der Waals surface area (Å²) in [5, 5.41) is 4.10. The van der Waals surface area contributed by atoms with E-state index in [2.05, 4.69) is 41.1 Å². The highest BCUT2D eigenvalue weighted by molar-refractivity contribution is 6.30. The number of rotatable bonds is 3. The highest BCUT2D eigenvalue weighted by atomic mass is 35.5. The van der Waals surface area contributed by atoms with Gasteiger partial charge in [0.05, 0.1) is 5.92 Å². The minimum atomic E-state index is 0.162. The Bertz CT molecular complexity index is 540. The van der Waals surface area contributed by atoms with Gasteiger partial charge < -0.3 is 10.2 Å². The molecule has 0 radical (unpaired) electrons. The Morgan fingerprint density at radius 1 is 1.17 bits per heavy atom. The third kappa shape index (κ3) is 3.70. The average molecular weight is 336 g/mol. The molecule has 23 heavy (non-hydrogen) atoms. The summed E-state index contributed by atoms with van der Waals surface area (Å²) in [5.41, 5.74) is 1.28. The number of halogens is 1. The Morgan fingerprint density at radius 2 is 1.83 bits per heavy atom. The molecular formula is C18H26ClN3O. The number of hydrogen-bond acceptors (Lipinski definition) is 3. The van der Waals surface area contributed by atoms with Gasteiger partial charge in [-0.05, 0) is 37.1 Å². The zero-order valence-electron chi connectivity index (χ0n) is 14.0. The molecule has 0 saturated carbocycles. The Kier molecular flexibility index (Phi) is 5.24. The summed E-state index contributed by atoms with van der Waals surface area (Å²) in [5.74, 6) is 0.949. The first kappa shape index (κ1) is 16.7. The molecule has 2 fully saturated rings. The molecule has 126 valence electrons. The van der Waals surface area contributed by atoms with E-state index in [-0.39, 0.29) is 5.92 Å². The first-order chi connectivity index (χ1) is 11.1. The molecule has 3 rings (SSSR count). The van der Waals surface area contributed by atoms with Gasteiger partial charge in [-0.3, -0.25) is 9.69 Å². The molecule has 1 aromatic carbocycles. The van der Waals surface area contributed by atoms with Crippen LogP contribution in [-0.4, -0.2) is 55.0 Å². The molecule has 0 spiro atoms. The van der Waals surface area contributed by atoms with Crippen LogP contribution in [0.4, 0.5) is 0 Å². The van der Waals surface area contributed by atoms with Gasteiger partial charge >= 0.3 is 0 Å². The van der Waals surface area contributed by atoms with Crippen molar-refractivity contribution >= 4 is 17.5 Å². The fourth-order valence-corrected chi connectivity index (χ4v) is 3.78. The third-order valence-corrected chi connectivity index (χ3v) is 5.61. The monoisotopic (exact) mass is 335 g/mol. The number of nitrogens with one attached hydrogen (secondary N) is 1. The average Bonchev–Trinajstić information content (AvgIpc) is 3.00. The Hall–Kier alpha value is -1.10.